The van der Waals surface area contributed by atoms with Crippen LogP contribution in [0.15, 0.2) is 48.5 Å². The van der Waals surface area contributed by atoms with Crippen LogP contribution in [-0.2, 0) is 0 Å². The molecule has 1 aromatic heterocycles. The first-order valence-corrected chi connectivity index (χ1v) is 11.7. The van der Waals surface area contributed by atoms with Gasteiger partial charge in [-0.3, -0.25) is 4.79 Å². The number of rotatable bonds is 7. The van der Waals surface area contributed by atoms with Gasteiger partial charge in [-0.05, 0) is 37.6 Å². The highest BCUT2D eigenvalue weighted by molar-refractivity contribution is 5.92. The first kappa shape index (κ1) is 21.8. The summed E-state index contributed by atoms with van der Waals surface area (Å²) in [5, 5.41) is 6.64. The van der Waals surface area contributed by atoms with Gasteiger partial charge in [0, 0.05) is 44.8 Å². The van der Waals surface area contributed by atoms with Gasteiger partial charge in [-0.1, -0.05) is 55.7 Å². The number of hydrogen-bond donors (Lipinski definition) is 2. The number of carbonyl (C=O) groups excluding carboxylic acids is 1. The average molecular weight is 422 g/mol. The number of piperazine rings is 1. The van der Waals surface area contributed by atoms with Crippen molar-refractivity contribution in [3.8, 4) is 0 Å². The van der Waals surface area contributed by atoms with E-state index in [2.05, 4.69) is 56.7 Å². The molecule has 0 spiro atoms. The van der Waals surface area contributed by atoms with Crippen LogP contribution in [0.2, 0.25) is 0 Å². The number of hydrogen-bond acceptors (Lipinski definition) is 5. The van der Waals surface area contributed by atoms with E-state index in [1.807, 2.05) is 18.2 Å². The van der Waals surface area contributed by atoms with E-state index in [1.165, 1.54) is 37.7 Å². The van der Waals surface area contributed by atoms with Gasteiger partial charge < -0.3 is 20.4 Å². The lowest BCUT2D eigenvalue weighted by molar-refractivity contribution is 0.0939. The number of carbonyl (C=O) groups is 1. The summed E-state index contributed by atoms with van der Waals surface area (Å²) in [4.78, 5) is 22.0. The standard InChI is InChI=1S/C25H35N5O/c1-29(21-11-6-3-7-12-21)17-15-27-25(31)22-13-8-14-24(28-22)30-18-16-26-23(19-30)20-9-4-2-5-10-20/h2,4-5,8-10,13-14,21,23,26H,3,6-7,11-12,15-19H2,1H3,(H,27,31). The largest absolute Gasteiger partial charge is 0.353 e. The summed E-state index contributed by atoms with van der Waals surface area (Å²) in [6.45, 7) is 4.15. The van der Waals surface area contributed by atoms with Gasteiger partial charge in [0.05, 0.1) is 0 Å². The van der Waals surface area contributed by atoms with Crippen molar-refractivity contribution in [2.75, 3.05) is 44.7 Å². The molecule has 4 rings (SSSR count). The summed E-state index contributed by atoms with van der Waals surface area (Å²) in [7, 11) is 2.18. The van der Waals surface area contributed by atoms with Crippen LogP contribution in [0.1, 0.15) is 54.2 Å². The van der Waals surface area contributed by atoms with E-state index in [0.29, 0.717) is 18.3 Å². The molecule has 1 aromatic carbocycles. The lowest BCUT2D eigenvalue weighted by atomic mass is 9.94. The summed E-state index contributed by atoms with van der Waals surface area (Å²) in [6.07, 6.45) is 6.58. The molecular weight excluding hydrogens is 386 g/mol. The van der Waals surface area contributed by atoms with Crippen molar-refractivity contribution in [3.63, 3.8) is 0 Å². The van der Waals surface area contributed by atoms with Crippen LogP contribution >= 0.6 is 0 Å². The van der Waals surface area contributed by atoms with Gasteiger partial charge >= 0.3 is 0 Å². The van der Waals surface area contributed by atoms with Crippen molar-refractivity contribution < 1.29 is 4.79 Å². The summed E-state index contributed by atoms with van der Waals surface area (Å²) < 4.78 is 0. The minimum atomic E-state index is -0.0892. The molecule has 2 aliphatic rings. The minimum absolute atomic E-state index is 0.0892. The second-order valence-corrected chi connectivity index (χ2v) is 8.77. The number of nitrogens with one attached hydrogen (secondary N) is 2. The van der Waals surface area contributed by atoms with Crippen LogP contribution in [0.25, 0.3) is 0 Å². The number of benzene rings is 1. The van der Waals surface area contributed by atoms with E-state index < -0.39 is 0 Å². The monoisotopic (exact) mass is 421 g/mol. The molecule has 1 aliphatic heterocycles. The van der Waals surface area contributed by atoms with Crippen LogP contribution in [0.5, 0.6) is 0 Å². The molecular formula is C25H35N5O. The topological polar surface area (TPSA) is 60.5 Å². The molecule has 1 saturated heterocycles. The smallest absolute Gasteiger partial charge is 0.270 e. The fourth-order valence-corrected chi connectivity index (χ4v) is 4.73. The maximum absolute atomic E-state index is 12.7. The first-order chi connectivity index (χ1) is 15.2. The predicted molar refractivity (Wildman–Crippen MR) is 125 cm³/mol. The third-order valence-corrected chi connectivity index (χ3v) is 6.62. The van der Waals surface area contributed by atoms with Crippen LogP contribution in [0, 0.1) is 0 Å². The van der Waals surface area contributed by atoms with Crippen LogP contribution in [0.4, 0.5) is 5.82 Å². The van der Waals surface area contributed by atoms with E-state index in [9.17, 15) is 4.79 Å². The summed E-state index contributed by atoms with van der Waals surface area (Å²) in [5.74, 6) is 0.781. The Morgan fingerprint density at radius 2 is 1.94 bits per heavy atom. The Bertz CT molecular complexity index is 837. The van der Waals surface area contributed by atoms with E-state index in [1.54, 1.807) is 6.07 Å². The number of anilines is 1. The Labute approximate surface area is 186 Å². The van der Waals surface area contributed by atoms with Gasteiger partial charge in [-0.2, -0.15) is 0 Å². The molecule has 1 saturated carbocycles. The Morgan fingerprint density at radius 1 is 1.13 bits per heavy atom. The van der Waals surface area contributed by atoms with E-state index >= 15 is 0 Å². The second kappa shape index (κ2) is 10.7. The zero-order chi connectivity index (χ0) is 21.5. The molecule has 166 valence electrons. The lowest BCUT2D eigenvalue weighted by Crippen LogP contribution is -2.46. The van der Waals surface area contributed by atoms with E-state index in [4.69, 9.17) is 0 Å². The summed E-state index contributed by atoms with van der Waals surface area (Å²) in [5.41, 5.74) is 1.77. The number of aromatic nitrogens is 1. The first-order valence-electron chi connectivity index (χ1n) is 11.7. The Morgan fingerprint density at radius 3 is 2.74 bits per heavy atom. The highest BCUT2D eigenvalue weighted by atomic mass is 16.1. The fraction of sp³-hybridized carbons (Fsp3) is 0.520. The molecule has 0 radical (unpaired) electrons. The predicted octanol–water partition coefficient (Wildman–Crippen LogP) is 3.23. The second-order valence-electron chi connectivity index (χ2n) is 8.77. The lowest BCUT2D eigenvalue weighted by Gasteiger charge is -2.35. The normalized spacial score (nSPS) is 20.1. The molecule has 31 heavy (non-hydrogen) atoms. The van der Waals surface area contributed by atoms with Crippen molar-refractivity contribution in [2.24, 2.45) is 0 Å². The van der Waals surface area contributed by atoms with Crippen molar-refractivity contribution in [2.45, 2.75) is 44.2 Å². The molecule has 2 fully saturated rings. The van der Waals surface area contributed by atoms with Gasteiger partial charge in [0.2, 0.25) is 0 Å². The molecule has 0 bridgehead atoms. The molecule has 1 aliphatic carbocycles. The van der Waals surface area contributed by atoms with Crippen LogP contribution in [0.3, 0.4) is 0 Å². The maximum atomic E-state index is 12.7. The molecule has 2 heterocycles. The quantitative estimate of drug-likeness (QED) is 0.719. The minimum Gasteiger partial charge on any atom is -0.353 e. The fourth-order valence-electron chi connectivity index (χ4n) is 4.73. The van der Waals surface area contributed by atoms with Crippen molar-refractivity contribution in [3.05, 3.63) is 59.8 Å². The Balaban J connectivity index is 1.31. The molecule has 6 nitrogen and oxygen atoms in total. The summed E-state index contributed by atoms with van der Waals surface area (Å²) >= 11 is 0. The SMILES string of the molecule is CN(CCNC(=O)c1cccc(N2CCNC(c3ccccc3)C2)n1)C1CCCCC1. The third kappa shape index (κ3) is 5.83. The zero-order valence-corrected chi connectivity index (χ0v) is 18.6. The molecule has 2 N–H and O–H groups in total. The molecule has 6 heteroatoms. The molecule has 1 unspecified atom stereocenters. The molecule has 1 atom stereocenters. The Hall–Kier alpha value is -2.44. The third-order valence-electron chi connectivity index (χ3n) is 6.62. The van der Waals surface area contributed by atoms with Gasteiger partial charge in [-0.15, -0.1) is 0 Å². The van der Waals surface area contributed by atoms with Crippen molar-refractivity contribution in [1.29, 1.82) is 0 Å². The van der Waals surface area contributed by atoms with Crippen LogP contribution < -0.4 is 15.5 Å². The van der Waals surface area contributed by atoms with Gasteiger partial charge in [0.1, 0.15) is 11.5 Å². The number of likely N-dealkylation sites (N-methyl/N-ethyl adjacent to an activating group) is 1. The van der Waals surface area contributed by atoms with Gasteiger partial charge in [-0.25, -0.2) is 4.98 Å². The Kier molecular flexibility index (Phi) is 7.54. The van der Waals surface area contributed by atoms with Gasteiger partial charge in [0.25, 0.3) is 5.91 Å². The molecule has 1 amide bonds. The maximum Gasteiger partial charge on any atom is 0.270 e. The number of amides is 1. The molecule has 2 aromatic rings. The number of pyridine rings is 1. The average Bonchev–Trinajstić information content (AvgIpc) is 2.85. The zero-order valence-electron chi connectivity index (χ0n) is 18.6. The highest BCUT2D eigenvalue weighted by Gasteiger charge is 2.22. The van der Waals surface area contributed by atoms with Crippen molar-refractivity contribution >= 4 is 11.7 Å². The van der Waals surface area contributed by atoms with E-state index in [0.717, 1.165) is 32.0 Å². The number of nitrogens with zero attached hydrogens (tertiary/aromatic N) is 3. The van der Waals surface area contributed by atoms with Crippen LogP contribution in [-0.4, -0.2) is 61.6 Å². The van der Waals surface area contributed by atoms with Crippen molar-refractivity contribution in [1.82, 2.24) is 20.5 Å². The highest BCUT2D eigenvalue weighted by Crippen LogP contribution is 2.22. The van der Waals surface area contributed by atoms with Gasteiger partial charge in [0.15, 0.2) is 0 Å². The van der Waals surface area contributed by atoms with E-state index in [-0.39, 0.29) is 11.9 Å². The summed E-state index contributed by atoms with van der Waals surface area (Å²) in [6, 6.07) is 17.2.